The van der Waals surface area contributed by atoms with Gasteiger partial charge in [0.2, 0.25) is 0 Å². The van der Waals surface area contributed by atoms with Crippen molar-refractivity contribution in [2.45, 2.75) is 58.5 Å². The summed E-state index contributed by atoms with van der Waals surface area (Å²) in [7, 11) is 0. The van der Waals surface area contributed by atoms with Gasteiger partial charge in [0.1, 0.15) is 0 Å². The third-order valence-electron chi connectivity index (χ3n) is 2.19. The van der Waals surface area contributed by atoms with E-state index in [4.69, 9.17) is 4.74 Å². The van der Waals surface area contributed by atoms with Crippen LogP contribution in [-0.2, 0) is 4.74 Å². The Kier molecular flexibility index (Phi) is 9.02. The molecule has 73 valence electrons. The molecule has 12 heavy (non-hydrogen) atoms. The zero-order valence-electron chi connectivity index (χ0n) is 8.64. The van der Waals surface area contributed by atoms with Gasteiger partial charge in [-0.05, 0) is 19.8 Å². The highest BCUT2D eigenvalue weighted by Crippen LogP contribution is 2.10. The predicted molar refractivity (Wildman–Crippen MR) is 54.1 cm³/mol. The molecule has 0 aromatic heterocycles. The van der Waals surface area contributed by atoms with Gasteiger partial charge in [-0.2, -0.15) is 0 Å². The van der Waals surface area contributed by atoms with Gasteiger partial charge in [0.15, 0.2) is 0 Å². The van der Waals surface area contributed by atoms with Crippen LogP contribution >= 0.6 is 0 Å². The first-order chi connectivity index (χ1) is 5.85. The maximum absolute atomic E-state index is 5.46. The fourth-order valence-electron chi connectivity index (χ4n) is 1.37. The Balaban J connectivity index is 3.19. The third-order valence-corrected chi connectivity index (χ3v) is 2.19. The van der Waals surface area contributed by atoms with Crippen molar-refractivity contribution in [3.63, 3.8) is 0 Å². The zero-order valence-corrected chi connectivity index (χ0v) is 8.64. The molecule has 0 N–H and O–H groups in total. The van der Waals surface area contributed by atoms with Crippen molar-refractivity contribution in [2.75, 3.05) is 6.61 Å². The molecule has 0 rings (SSSR count). The van der Waals surface area contributed by atoms with Crippen molar-refractivity contribution in [3.8, 4) is 0 Å². The minimum Gasteiger partial charge on any atom is -0.378 e. The van der Waals surface area contributed by atoms with E-state index in [0.29, 0.717) is 12.7 Å². The lowest BCUT2D eigenvalue weighted by atomic mass is 10.1. The molecule has 1 unspecified atom stereocenters. The van der Waals surface area contributed by atoms with Crippen molar-refractivity contribution in [1.82, 2.24) is 0 Å². The molecule has 0 saturated heterocycles. The van der Waals surface area contributed by atoms with Crippen LogP contribution in [-0.4, -0.2) is 12.7 Å². The number of rotatable bonds is 8. The Bertz CT molecular complexity index is 81.1. The SMILES string of the molecule is [CH2]COC(CC)CCCCCC. The van der Waals surface area contributed by atoms with Crippen molar-refractivity contribution < 1.29 is 4.74 Å². The van der Waals surface area contributed by atoms with Crippen molar-refractivity contribution in [2.24, 2.45) is 0 Å². The van der Waals surface area contributed by atoms with Gasteiger partial charge in [0, 0.05) is 6.61 Å². The van der Waals surface area contributed by atoms with E-state index < -0.39 is 0 Å². The largest absolute Gasteiger partial charge is 0.378 e. The van der Waals surface area contributed by atoms with Crippen LogP contribution in [0, 0.1) is 6.92 Å². The maximum Gasteiger partial charge on any atom is 0.0572 e. The highest BCUT2D eigenvalue weighted by Gasteiger charge is 2.03. The van der Waals surface area contributed by atoms with Crippen LogP contribution in [0.25, 0.3) is 0 Å². The van der Waals surface area contributed by atoms with E-state index in [1.165, 1.54) is 32.1 Å². The summed E-state index contributed by atoms with van der Waals surface area (Å²) in [5.74, 6) is 0. The zero-order chi connectivity index (χ0) is 9.23. The van der Waals surface area contributed by atoms with Crippen LogP contribution in [0.4, 0.5) is 0 Å². The lowest BCUT2D eigenvalue weighted by molar-refractivity contribution is 0.0620. The molecule has 1 radical (unpaired) electrons. The first-order valence-corrected chi connectivity index (χ1v) is 5.26. The summed E-state index contributed by atoms with van der Waals surface area (Å²) >= 11 is 0. The van der Waals surface area contributed by atoms with Gasteiger partial charge in [-0.15, -0.1) is 0 Å². The van der Waals surface area contributed by atoms with Crippen LogP contribution in [0.5, 0.6) is 0 Å². The summed E-state index contributed by atoms with van der Waals surface area (Å²) in [4.78, 5) is 0. The Morgan fingerprint density at radius 2 is 1.92 bits per heavy atom. The van der Waals surface area contributed by atoms with Crippen LogP contribution in [0.15, 0.2) is 0 Å². The summed E-state index contributed by atoms with van der Waals surface area (Å²) in [6.07, 6.45) is 8.14. The van der Waals surface area contributed by atoms with E-state index in [1.807, 2.05) is 0 Å². The Morgan fingerprint density at radius 1 is 1.17 bits per heavy atom. The van der Waals surface area contributed by atoms with Gasteiger partial charge in [-0.25, -0.2) is 0 Å². The number of unbranched alkanes of at least 4 members (excludes halogenated alkanes) is 3. The molecule has 0 bridgehead atoms. The molecule has 1 atom stereocenters. The minimum absolute atomic E-state index is 0.458. The number of ether oxygens (including phenoxy) is 1. The Labute approximate surface area is 77.5 Å². The lowest BCUT2D eigenvalue weighted by Crippen LogP contribution is -2.11. The molecule has 0 aliphatic heterocycles. The smallest absolute Gasteiger partial charge is 0.0572 e. The third kappa shape index (κ3) is 6.66. The van der Waals surface area contributed by atoms with Crippen LogP contribution in [0.2, 0.25) is 0 Å². The number of hydrogen-bond donors (Lipinski definition) is 0. The fraction of sp³-hybridized carbons (Fsp3) is 0.909. The van der Waals surface area contributed by atoms with E-state index in [9.17, 15) is 0 Å². The molecule has 0 aromatic carbocycles. The summed E-state index contributed by atoms with van der Waals surface area (Å²) in [5, 5.41) is 0. The van der Waals surface area contributed by atoms with Gasteiger partial charge in [-0.3, -0.25) is 0 Å². The van der Waals surface area contributed by atoms with Crippen molar-refractivity contribution in [1.29, 1.82) is 0 Å². The quantitative estimate of drug-likeness (QED) is 0.507. The topological polar surface area (TPSA) is 9.23 Å². The van der Waals surface area contributed by atoms with Gasteiger partial charge in [0.25, 0.3) is 0 Å². The molecule has 1 heteroatoms. The monoisotopic (exact) mass is 171 g/mol. The molecule has 0 aliphatic rings. The molecule has 0 amide bonds. The second kappa shape index (κ2) is 9.05. The van der Waals surface area contributed by atoms with Crippen molar-refractivity contribution in [3.05, 3.63) is 6.92 Å². The lowest BCUT2D eigenvalue weighted by Gasteiger charge is -2.14. The minimum atomic E-state index is 0.458. The normalized spacial score (nSPS) is 13.2. The van der Waals surface area contributed by atoms with Crippen LogP contribution in [0.1, 0.15) is 52.4 Å². The summed E-state index contributed by atoms with van der Waals surface area (Å²) in [5.41, 5.74) is 0. The maximum atomic E-state index is 5.46. The molecule has 0 aliphatic carbocycles. The van der Waals surface area contributed by atoms with E-state index in [0.717, 1.165) is 6.42 Å². The molecule has 0 fully saturated rings. The summed E-state index contributed by atoms with van der Waals surface area (Å²) < 4.78 is 5.46. The summed E-state index contributed by atoms with van der Waals surface area (Å²) in [6, 6.07) is 0. The van der Waals surface area contributed by atoms with E-state index in [1.54, 1.807) is 0 Å². The molecular weight excluding hydrogens is 148 g/mol. The van der Waals surface area contributed by atoms with Gasteiger partial charge < -0.3 is 4.74 Å². The number of hydrogen-bond acceptors (Lipinski definition) is 1. The summed E-state index contributed by atoms with van der Waals surface area (Å²) in [6.45, 7) is 8.73. The van der Waals surface area contributed by atoms with E-state index in [-0.39, 0.29) is 0 Å². The molecule has 0 aromatic rings. The molecular formula is C11H23O. The molecule has 1 nitrogen and oxygen atoms in total. The van der Waals surface area contributed by atoms with E-state index in [2.05, 4.69) is 20.8 Å². The van der Waals surface area contributed by atoms with Gasteiger partial charge >= 0.3 is 0 Å². The second-order valence-corrected chi connectivity index (χ2v) is 3.25. The van der Waals surface area contributed by atoms with Crippen LogP contribution in [0.3, 0.4) is 0 Å². The van der Waals surface area contributed by atoms with Crippen molar-refractivity contribution >= 4 is 0 Å². The fourth-order valence-corrected chi connectivity index (χ4v) is 1.37. The highest BCUT2D eigenvalue weighted by atomic mass is 16.5. The molecule has 0 heterocycles. The van der Waals surface area contributed by atoms with Gasteiger partial charge in [0.05, 0.1) is 6.10 Å². The Hall–Kier alpha value is -0.0400. The average molecular weight is 171 g/mol. The van der Waals surface area contributed by atoms with E-state index >= 15 is 0 Å². The van der Waals surface area contributed by atoms with Crippen LogP contribution < -0.4 is 0 Å². The first-order valence-electron chi connectivity index (χ1n) is 5.26. The molecule has 0 saturated carbocycles. The average Bonchev–Trinajstić information content (AvgIpc) is 2.10. The first kappa shape index (κ1) is 12.0. The standard InChI is InChI=1S/C11H23O/c1-4-7-8-9-10-11(5-2)12-6-3/h11H,3-10H2,1-2H3. The van der Waals surface area contributed by atoms with Gasteiger partial charge in [-0.1, -0.05) is 39.5 Å². The molecule has 0 spiro atoms. The highest BCUT2D eigenvalue weighted by molar-refractivity contribution is 4.56. The predicted octanol–water partition coefficient (Wildman–Crippen LogP) is 3.59. The second-order valence-electron chi connectivity index (χ2n) is 3.25. The Morgan fingerprint density at radius 3 is 2.42 bits per heavy atom.